The number of rotatable bonds is 4. The zero-order chi connectivity index (χ0) is 12.3. The van der Waals surface area contributed by atoms with E-state index in [1.54, 1.807) is 11.8 Å². The molecule has 17 heavy (non-hydrogen) atoms. The second-order valence-electron chi connectivity index (χ2n) is 3.88. The molecule has 90 valence electrons. The standard InChI is InChI=1S/C13H16N2OS/c1-9-13(10(2)16-15-9)8-14-11-4-6-12(17-3)7-5-11/h4-7,14H,8H2,1-3H3. The molecule has 0 spiro atoms. The first kappa shape index (κ1) is 12.0. The summed E-state index contributed by atoms with van der Waals surface area (Å²) in [5.41, 5.74) is 3.21. The molecule has 2 aromatic rings. The van der Waals surface area contributed by atoms with E-state index in [0.717, 1.165) is 29.2 Å². The fraction of sp³-hybridized carbons (Fsp3) is 0.308. The molecule has 1 aromatic carbocycles. The number of aromatic nitrogens is 1. The number of hydrogen-bond donors (Lipinski definition) is 1. The molecule has 0 amide bonds. The van der Waals surface area contributed by atoms with Crippen molar-refractivity contribution in [2.24, 2.45) is 0 Å². The fourth-order valence-electron chi connectivity index (χ4n) is 1.65. The first-order chi connectivity index (χ1) is 8.20. The van der Waals surface area contributed by atoms with Crippen molar-refractivity contribution >= 4 is 17.4 Å². The van der Waals surface area contributed by atoms with Crippen LogP contribution in [0.3, 0.4) is 0 Å². The Labute approximate surface area is 106 Å². The Bertz CT molecular complexity index is 471. The highest BCUT2D eigenvalue weighted by Gasteiger charge is 2.07. The van der Waals surface area contributed by atoms with Crippen LogP contribution >= 0.6 is 11.8 Å². The van der Waals surface area contributed by atoms with Crippen molar-refractivity contribution in [1.82, 2.24) is 5.16 Å². The van der Waals surface area contributed by atoms with Gasteiger partial charge in [0.15, 0.2) is 0 Å². The largest absolute Gasteiger partial charge is 0.381 e. The van der Waals surface area contributed by atoms with Crippen LogP contribution in [0.25, 0.3) is 0 Å². The lowest BCUT2D eigenvalue weighted by Gasteiger charge is -2.06. The summed E-state index contributed by atoms with van der Waals surface area (Å²) >= 11 is 1.75. The zero-order valence-electron chi connectivity index (χ0n) is 10.3. The summed E-state index contributed by atoms with van der Waals surface area (Å²) in [6.45, 7) is 4.65. The highest BCUT2D eigenvalue weighted by molar-refractivity contribution is 7.98. The van der Waals surface area contributed by atoms with Gasteiger partial charge in [-0.3, -0.25) is 0 Å². The minimum absolute atomic E-state index is 0.750. The lowest BCUT2D eigenvalue weighted by atomic mass is 10.2. The van der Waals surface area contributed by atoms with E-state index in [1.807, 2.05) is 13.8 Å². The molecule has 0 aliphatic rings. The summed E-state index contributed by atoms with van der Waals surface area (Å²) in [5, 5.41) is 7.31. The second-order valence-corrected chi connectivity index (χ2v) is 4.76. The Hall–Kier alpha value is -1.42. The molecule has 0 atom stereocenters. The van der Waals surface area contributed by atoms with Gasteiger partial charge in [-0.15, -0.1) is 11.8 Å². The second kappa shape index (κ2) is 5.27. The molecule has 4 heteroatoms. The Balaban J connectivity index is 2.02. The van der Waals surface area contributed by atoms with Crippen molar-refractivity contribution in [3.05, 3.63) is 41.3 Å². The van der Waals surface area contributed by atoms with Crippen molar-refractivity contribution in [2.45, 2.75) is 25.3 Å². The smallest absolute Gasteiger partial charge is 0.138 e. The Morgan fingerprint density at radius 1 is 1.24 bits per heavy atom. The number of thioether (sulfide) groups is 1. The summed E-state index contributed by atoms with van der Waals surface area (Å²) in [4.78, 5) is 1.27. The Morgan fingerprint density at radius 3 is 2.47 bits per heavy atom. The van der Waals surface area contributed by atoms with Crippen molar-refractivity contribution < 1.29 is 4.52 Å². The first-order valence-corrected chi connectivity index (χ1v) is 6.73. The molecule has 1 heterocycles. The number of benzene rings is 1. The van der Waals surface area contributed by atoms with Crippen LogP contribution in [-0.4, -0.2) is 11.4 Å². The van der Waals surface area contributed by atoms with E-state index in [0.29, 0.717) is 0 Å². The number of nitrogens with zero attached hydrogens (tertiary/aromatic N) is 1. The molecular weight excluding hydrogens is 232 g/mol. The third kappa shape index (κ3) is 2.82. The lowest BCUT2D eigenvalue weighted by molar-refractivity contribution is 0.392. The molecule has 0 radical (unpaired) electrons. The summed E-state index contributed by atoms with van der Waals surface area (Å²) in [5.74, 6) is 0.885. The zero-order valence-corrected chi connectivity index (χ0v) is 11.1. The van der Waals surface area contributed by atoms with E-state index < -0.39 is 0 Å². The minimum atomic E-state index is 0.750. The van der Waals surface area contributed by atoms with Gasteiger partial charge in [-0.05, 0) is 44.4 Å². The molecule has 0 aliphatic carbocycles. The Kier molecular flexibility index (Phi) is 3.74. The van der Waals surface area contributed by atoms with E-state index >= 15 is 0 Å². The summed E-state index contributed by atoms with van der Waals surface area (Å²) in [6, 6.07) is 8.40. The van der Waals surface area contributed by atoms with Gasteiger partial charge in [0, 0.05) is 22.7 Å². The van der Waals surface area contributed by atoms with Gasteiger partial charge in [0.1, 0.15) is 5.76 Å². The summed E-state index contributed by atoms with van der Waals surface area (Å²) in [6.07, 6.45) is 2.08. The molecular formula is C13H16N2OS. The van der Waals surface area contributed by atoms with Gasteiger partial charge in [0.05, 0.1) is 5.69 Å². The van der Waals surface area contributed by atoms with Crippen molar-refractivity contribution in [3.8, 4) is 0 Å². The number of aryl methyl sites for hydroxylation is 2. The van der Waals surface area contributed by atoms with Crippen LogP contribution in [0, 0.1) is 13.8 Å². The molecule has 0 fully saturated rings. The third-order valence-corrected chi connectivity index (χ3v) is 3.48. The van der Waals surface area contributed by atoms with Crippen LogP contribution in [0.1, 0.15) is 17.0 Å². The number of nitrogens with one attached hydrogen (secondary N) is 1. The van der Waals surface area contributed by atoms with Crippen LogP contribution in [0.2, 0.25) is 0 Å². The van der Waals surface area contributed by atoms with E-state index in [-0.39, 0.29) is 0 Å². The fourth-order valence-corrected chi connectivity index (χ4v) is 2.06. The van der Waals surface area contributed by atoms with Gasteiger partial charge < -0.3 is 9.84 Å². The number of hydrogen-bond acceptors (Lipinski definition) is 4. The maximum absolute atomic E-state index is 5.13. The lowest BCUT2D eigenvalue weighted by Crippen LogP contribution is -2.01. The van der Waals surface area contributed by atoms with Gasteiger partial charge >= 0.3 is 0 Å². The van der Waals surface area contributed by atoms with Crippen molar-refractivity contribution in [2.75, 3.05) is 11.6 Å². The molecule has 0 unspecified atom stereocenters. The van der Waals surface area contributed by atoms with Crippen molar-refractivity contribution in [1.29, 1.82) is 0 Å². The molecule has 3 nitrogen and oxygen atoms in total. The highest BCUT2D eigenvalue weighted by Crippen LogP contribution is 2.19. The van der Waals surface area contributed by atoms with Gasteiger partial charge in [-0.2, -0.15) is 0 Å². The summed E-state index contributed by atoms with van der Waals surface area (Å²) < 4.78 is 5.13. The van der Waals surface area contributed by atoms with Gasteiger partial charge in [0.25, 0.3) is 0 Å². The third-order valence-electron chi connectivity index (χ3n) is 2.74. The molecule has 0 aliphatic heterocycles. The minimum Gasteiger partial charge on any atom is -0.381 e. The number of anilines is 1. The van der Waals surface area contributed by atoms with Crippen molar-refractivity contribution in [3.63, 3.8) is 0 Å². The monoisotopic (exact) mass is 248 g/mol. The van der Waals surface area contributed by atoms with Crippen LogP contribution in [0.4, 0.5) is 5.69 Å². The molecule has 0 saturated carbocycles. The van der Waals surface area contributed by atoms with Gasteiger partial charge in [-0.1, -0.05) is 5.16 Å². The van der Waals surface area contributed by atoms with Crippen LogP contribution in [0.5, 0.6) is 0 Å². The van der Waals surface area contributed by atoms with E-state index in [2.05, 4.69) is 41.0 Å². The van der Waals surface area contributed by atoms with Gasteiger partial charge in [0.2, 0.25) is 0 Å². The molecule has 0 saturated heterocycles. The highest BCUT2D eigenvalue weighted by atomic mass is 32.2. The molecule has 1 N–H and O–H groups in total. The quantitative estimate of drug-likeness (QED) is 0.839. The van der Waals surface area contributed by atoms with Crippen LogP contribution in [-0.2, 0) is 6.54 Å². The van der Waals surface area contributed by atoms with Crippen LogP contribution < -0.4 is 5.32 Å². The average molecular weight is 248 g/mol. The SMILES string of the molecule is CSc1ccc(NCc2c(C)noc2C)cc1. The van der Waals surface area contributed by atoms with Gasteiger partial charge in [-0.25, -0.2) is 0 Å². The predicted octanol–water partition coefficient (Wildman–Crippen LogP) is 3.63. The van der Waals surface area contributed by atoms with E-state index in [4.69, 9.17) is 4.52 Å². The average Bonchev–Trinajstić information content (AvgIpc) is 2.67. The molecule has 0 bridgehead atoms. The van der Waals surface area contributed by atoms with E-state index in [1.165, 1.54) is 4.90 Å². The first-order valence-electron chi connectivity index (χ1n) is 5.50. The predicted molar refractivity (Wildman–Crippen MR) is 71.5 cm³/mol. The molecule has 2 rings (SSSR count). The maximum Gasteiger partial charge on any atom is 0.138 e. The molecule has 1 aromatic heterocycles. The normalized spacial score (nSPS) is 10.5. The van der Waals surface area contributed by atoms with E-state index in [9.17, 15) is 0 Å². The summed E-state index contributed by atoms with van der Waals surface area (Å²) in [7, 11) is 0. The topological polar surface area (TPSA) is 38.1 Å². The maximum atomic E-state index is 5.13. The van der Waals surface area contributed by atoms with Crippen LogP contribution in [0.15, 0.2) is 33.7 Å². The Morgan fingerprint density at radius 2 is 1.94 bits per heavy atom.